The van der Waals surface area contributed by atoms with Crippen molar-refractivity contribution >= 4 is 0 Å². The molecule has 5 heteroatoms. The number of hydrazine groups is 1. The van der Waals surface area contributed by atoms with Gasteiger partial charge in [0.15, 0.2) is 0 Å². The summed E-state index contributed by atoms with van der Waals surface area (Å²) >= 11 is 0. The fourth-order valence-corrected chi connectivity index (χ4v) is 0.454. The molecule has 0 amide bonds. The first-order chi connectivity index (χ1) is 4.35. The van der Waals surface area contributed by atoms with Crippen molar-refractivity contribution in [3.05, 3.63) is 0 Å². The van der Waals surface area contributed by atoms with E-state index in [-0.39, 0.29) is 0 Å². The predicted molar refractivity (Wildman–Crippen MR) is 35.1 cm³/mol. The van der Waals surface area contributed by atoms with Crippen LogP contribution >= 0.6 is 0 Å². The van der Waals surface area contributed by atoms with Crippen LogP contribution in [-0.2, 0) is 0 Å². The number of nitrogens with one attached hydrogen (secondary N) is 1. The van der Waals surface area contributed by atoms with Gasteiger partial charge in [0, 0.05) is 13.1 Å². The zero-order valence-electron chi connectivity index (χ0n) is 5.83. The molecule has 0 fully saturated rings. The van der Waals surface area contributed by atoms with Crippen molar-refractivity contribution in [1.82, 2.24) is 10.5 Å². The van der Waals surface area contributed by atoms with Gasteiger partial charge in [0.1, 0.15) is 0 Å². The summed E-state index contributed by atoms with van der Waals surface area (Å²) in [4.78, 5) is 0. The van der Waals surface area contributed by atoms with Gasteiger partial charge in [-0.05, 0) is 5.22 Å². The quantitative estimate of drug-likeness (QED) is 0.322. The second kappa shape index (κ2) is 5.30. The lowest BCUT2D eigenvalue weighted by molar-refractivity contribution is 0.205. The van der Waals surface area contributed by atoms with Crippen LogP contribution in [0.2, 0.25) is 0 Å². The first-order valence-electron chi connectivity index (χ1n) is 2.95. The second-order valence-corrected chi connectivity index (χ2v) is 1.49. The summed E-state index contributed by atoms with van der Waals surface area (Å²) in [6.45, 7) is 5.80. The van der Waals surface area contributed by atoms with E-state index < -0.39 is 0 Å². The minimum Gasteiger partial charge on any atom is -0.303 e. The van der Waals surface area contributed by atoms with Crippen LogP contribution in [0.1, 0.15) is 13.8 Å². The largest absolute Gasteiger partial charge is 0.303 e. The van der Waals surface area contributed by atoms with E-state index in [1.165, 1.54) is 0 Å². The molecule has 5 nitrogen and oxygen atoms in total. The fourth-order valence-electron chi connectivity index (χ4n) is 0.454. The Balaban J connectivity index is 3.31. The molecule has 54 valence electrons. The van der Waals surface area contributed by atoms with E-state index in [0.717, 1.165) is 13.1 Å². The summed E-state index contributed by atoms with van der Waals surface area (Å²) in [6.07, 6.45) is 0. The molecule has 3 N–H and O–H groups in total. The average molecular weight is 131 g/mol. The number of rotatable bonds is 4. The summed E-state index contributed by atoms with van der Waals surface area (Å²) in [7, 11) is 0. The Labute approximate surface area is 54.8 Å². The molecule has 0 aromatic carbocycles. The smallest absolute Gasteiger partial charge is 0.0166 e. The highest BCUT2D eigenvalue weighted by Gasteiger charge is 1.91. The molecule has 0 spiro atoms. The standard InChI is InChI=1S/C4H13N5/c1-3-9(4-2)8-7-6-5/h3-4H2,1-2H3,(H2,5,7)(H,6,8). The molecule has 0 aliphatic heterocycles. The number of hydrogen-bond acceptors (Lipinski definition) is 3. The van der Waals surface area contributed by atoms with Crippen molar-refractivity contribution < 1.29 is 0 Å². The molecule has 0 aliphatic rings. The van der Waals surface area contributed by atoms with Crippen LogP contribution in [0.3, 0.4) is 0 Å². The predicted octanol–water partition coefficient (Wildman–Crippen LogP) is 0.0737. The third-order valence-corrected chi connectivity index (χ3v) is 1.01. The van der Waals surface area contributed by atoms with Gasteiger partial charge in [-0.1, -0.05) is 19.1 Å². The van der Waals surface area contributed by atoms with Gasteiger partial charge in [-0.3, -0.25) is 0 Å². The molecule has 0 rings (SSSR count). The van der Waals surface area contributed by atoms with Crippen molar-refractivity contribution in [1.29, 1.82) is 0 Å². The third-order valence-electron chi connectivity index (χ3n) is 1.01. The summed E-state index contributed by atoms with van der Waals surface area (Å²) in [6, 6.07) is 0. The normalized spacial score (nSPS) is 11.0. The molecule has 0 heterocycles. The van der Waals surface area contributed by atoms with Gasteiger partial charge in [0.25, 0.3) is 0 Å². The maximum absolute atomic E-state index is 4.76. The molecule has 0 aliphatic carbocycles. The van der Waals surface area contributed by atoms with Crippen LogP contribution in [0.15, 0.2) is 10.4 Å². The highest BCUT2D eigenvalue weighted by molar-refractivity contribution is 4.36. The van der Waals surface area contributed by atoms with Crippen LogP contribution in [-0.4, -0.2) is 18.1 Å². The van der Waals surface area contributed by atoms with Crippen molar-refractivity contribution in [2.45, 2.75) is 13.8 Å². The average Bonchev–Trinajstić information content (AvgIpc) is 1.91. The SMILES string of the molecule is CCN(CC)N/N=N/N. The van der Waals surface area contributed by atoms with Gasteiger partial charge in [-0.15, -0.1) is 0 Å². The Morgan fingerprint density at radius 3 is 2.33 bits per heavy atom. The molecule has 0 unspecified atom stereocenters. The lowest BCUT2D eigenvalue weighted by atomic mass is 10.6. The van der Waals surface area contributed by atoms with Crippen LogP contribution in [0.4, 0.5) is 0 Å². The zero-order chi connectivity index (χ0) is 7.11. The van der Waals surface area contributed by atoms with E-state index in [1.807, 2.05) is 18.9 Å². The monoisotopic (exact) mass is 131 g/mol. The highest BCUT2D eigenvalue weighted by atomic mass is 15.7. The van der Waals surface area contributed by atoms with E-state index in [0.29, 0.717) is 0 Å². The maximum atomic E-state index is 4.76. The van der Waals surface area contributed by atoms with E-state index >= 15 is 0 Å². The van der Waals surface area contributed by atoms with Gasteiger partial charge >= 0.3 is 0 Å². The highest BCUT2D eigenvalue weighted by Crippen LogP contribution is 1.77. The molecule has 9 heavy (non-hydrogen) atoms. The molecule has 0 saturated heterocycles. The molecule has 0 bridgehead atoms. The lowest BCUT2D eigenvalue weighted by Gasteiger charge is -2.14. The number of hydrogen-bond donors (Lipinski definition) is 2. The van der Waals surface area contributed by atoms with Gasteiger partial charge in [0.05, 0.1) is 0 Å². The van der Waals surface area contributed by atoms with Crippen LogP contribution in [0.5, 0.6) is 0 Å². The molecule has 0 radical (unpaired) electrons. The fraction of sp³-hybridized carbons (Fsp3) is 1.00. The maximum Gasteiger partial charge on any atom is 0.0166 e. The van der Waals surface area contributed by atoms with Crippen LogP contribution in [0.25, 0.3) is 0 Å². The van der Waals surface area contributed by atoms with Crippen LogP contribution in [0, 0.1) is 0 Å². The first kappa shape index (κ1) is 8.16. The van der Waals surface area contributed by atoms with Crippen molar-refractivity contribution in [3.8, 4) is 0 Å². The van der Waals surface area contributed by atoms with Gasteiger partial charge < -0.3 is 5.84 Å². The zero-order valence-corrected chi connectivity index (χ0v) is 5.83. The van der Waals surface area contributed by atoms with Gasteiger partial charge in [0.2, 0.25) is 0 Å². The Hall–Kier alpha value is -0.840. The number of nitrogens with two attached hydrogens (primary N) is 1. The topological polar surface area (TPSA) is 66.0 Å². The van der Waals surface area contributed by atoms with Crippen molar-refractivity contribution in [2.75, 3.05) is 13.1 Å². The second-order valence-electron chi connectivity index (χ2n) is 1.49. The minimum absolute atomic E-state index is 0.884. The van der Waals surface area contributed by atoms with Crippen molar-refractivity contribution in [2.24, 2.45) is 16.3 Å². The Morgan fingerprint density at radius 1 is 1.44 bits per heavy atom. The molecular formula is C4H13N5. The third kappa shape index (κ3) is 3.72. The summed E-state index contributed by atoms with van der Waals surface area (Å²) in [5.41, 5.74) is 2.64. The van der Waals surface area contributed by atoms with E-state index in [2.05, 4.69) is 16.0 Å². The van der Waals surface area contributed by atoms with E-state index in [1.54, 1.807) is 0 Å². The molecule has 0 aromatic rings. The van der Waals surface area contributed by atoms with Crippen molar-refractivity contribution in [3.63, 3.8) is 0 Å². The molecule has 0 saturated carbocycles. The molecule has 0 aromatic heterocycles. The summed E-state index contributed by atoms with van der Waals surface area (Å²) in [5.74, 6) is 4.76. The van der Waals surface area contributed by atoms with Gasteiger partial charge in [-0.2, -0.15) is 0 Å². The Morgan fingerprint density at radius 2 is 2.00 bits per heavy atom. The summed E-state index contributed by atoms with van der Waals surface area (Å²) in [5, 5.41) is 8.31. The van der Waals surface area contributed by atoms with Crippen LogP contribution < -0.4 is 11.4 Å². The lowest BCUT2D eigenvalue weighted by Crippen LogP contribution is -2.33. The first-order valence-corrected chi connectivity index (χ1v) is 2.95. The Bertz CT molecular complexity index is 77.0. The number of nitrogens with zero attached hydrogens (tertiary/aromatic N) is 3. The Kier molecular flexibility index (Phi) is 4.81. The van der Waals surface area contributed by atoms with E-state index in [9.17, 15) is 0 Å². The molecule has 0 atom stereocenters. The minimum atomic E-state index is 0.884. The van der Waals surface area contributed by atoms with Gasteiger partial charge in [-0.25, -0.2) is 10.5 Å². The molecular weight excluding hydrogens is 118 g/mol. The van der Waals surface area contributed by atoms with E-state index in [4.69, 9.17) is 5.84 Å². The summed E-state index contributed by atoms with van der Waals surface area (Å²) < 4.78 is 0.